The van der Waals surface area contributed by atoms with Gasteiger partial charge in [-0.25, -0.2) is 0 Å². The molecule has 0 spiro atoms. The summed E-state index contributed by atoms with van der Waals surface area (Å²) in [6, 6.07) is 0. The highest BCUT2D eigenvalue weighted by atomic mass is 35.5. The average Bonchev–Trinajstić information content (AvgIpc) is 2.41. The van der Waals surface area contributed by atoms with Crippen LogP contribution < -0.4 is 10.6 Å². The molecule has 0 aliphatic heterocycles. The SMILES string of the molecule is COCCNCCNC(=O)CCC1CCCCC1.Cl. The summed E-state index contributed by atoms with van der Waals surface area (Å²) in [6.07, 6.45) is 8.52. The standard InChI is InChI=1S/C14H28N2O2.ClH/c1-18-12-11-15-9-10-16-14(17)8-7-13-5-3-2-4-6-13;/h13,15H,2-12H2,1H3,(H,16,17);1H. The highest BCUT2D eigenvalue weighted by Crippen LogP contribution is 2.26. The second-order valence-corrected chi connectivity index (χ2v) is 5.14. The Kier molecular flexibility index (Phi) is 12.5. The molecule has 1 aliphatic rings. The van der Waals surface area contributed by atoms with E-state index in [1.807, 2.05) is 0 Å². The first kappa shape index (κ1) is 18.7. The highest BCUT2D eigenvalue weighted by molar-refractivity contribution is 5.85. The van der Waals surface area contributed by atoms with Crippen molar-refractivity contribution in [2.45, 2.75) is 44.9 Å². The summed E-state index contributed by atoms with van der Waals surface area (Å²) < 4.78 is 4.93. The Morgan fingerprint density at radius 2 is 1.89 bits per heavy atom. The molecule has 114 valence electrons. The molecule has 19 heavy (non-hydrogen) atoms. The zero-order valence-corrected chi connectivity index (χ0v) is 12.9. The van der Waals surface area contributed by atoms with Crippen molar-refractivity contribution in [2.24, 2.45) is 5.92 Å². The fourth-order valence-electron chi connectivity index (χ4n) is 2.49. The van der Waals surface area contributed by atoms with E-state index in [1.54, 1.807) is 7.11 Å². The van der Waals surface area contributed by atoms with Gasteiger partial charge in [-0.3, -0.25) is 4.79 Å². The number of methoxy groups -OCH3 is 1. The van der Waals surface area contributed by atoms with Crippen molar-refractivity contribution in [3.8, 4) is 0 Å². The van der Waals surface area contributed by atoms with Gasteiger partial charge in [-0.2, -0.15) is 0 Å². The van der Waals surface area contributed by atoms with E-state index < -0.39 is 0 Å². The summed E-state index contributed by atoms with van der Waals surface area (Å²) in [5.74, 6) is 0.999. The summed E-state index contributed by atoms with van der Waals surface area (Å²) in [5.41, 5.74) is 0. The number of amides is 1. The van der Waals surface area contributed by atoms with Crippen molar-refractivity contribution in [3.63, 3.8) is 0 Å². The number of carbonyl (C=O) groups is 1. The van der Waals surface area contributed by atoms with Crippen LogP contribution in [-0.4, -0.2) is 39.3 Å². The van der Waals surface area contributed by atoms with E-state index in [0.29, 0.717) is 13.0 Å². The Hall–Kier alpha value is -0.320. The molecule has 5 heteroatoms. The van der Waals surface area contributed by atoms with Crippen LogP contribution in [-0.2, 0) is 9.53 Å². The van der Waals surface area contributed by atoms with E-state index in [-0.39, 0.29) is 18.3 Å². The predicted molar refractivity (Wildman–Crippen MR) is 80.8 cm³/mol. The number of ether oxygens (including phenoxy) is 1. The van der Waals surface area contributed by atoms with Crippen molar-refractivity contribution in [2.75, 3.05) is 33.4 Å². The minimum Gasteiger partial charge on any atom is -0.383 e. The smallest absolute Gasteiger partial charge is 0.220 e. The number of carbonyl (C=O) groups excluding carboxylic acids is 1. The van der Waals surface area contributed by atoms with Crippen LogP contribution in [0.4, 0.5) is 0 Å². The van der Waals surface area contributed by atoms with E-state index in [9.17, 15) is 4.79 Å². The van der Waals surface area contributed by atoms with Gasteiger partial charge in [0.2, 0.25) is 5.91 Å². The van der Waals surface area contributed by atoms with Crippen LogP contribution >= 0.6 is 12.4 Å². The Morgan fingerprint density at radius 3 is 2.58 bits per heavy atom. The minimum atomic E-state index is 0. The third-order valence-corrected chi connectivity index (χ3v) is 3.61. The molecule has 1 saturated carbocycles. The van der Waals surface area contributed by atoms with Gasteiger partial charge in [-0.05, 0) is 12.3 Å². The first-order valence-electron chi connectivity index (χ1n) is 7.29. The first-order chi connectivity index (χ1) is 8.83. The van der Waals surface area contributed by atoms with E-state index >= 15 is 0 Å². The molecule has 0 heterocycles. The Balaban J connectivity index is 0.00000324. The van der Waals surface area contributed by atoms with E-state index in [0.717, 1.165) is 32.0 Å². The van der Waals surface area contributed by atoms with Crippen molar-refractivity contribution < 1.29 is 9.53 Å². The minimum absolute atomic E-state index is 0. The lowest BCUT2D eigenvalue weighted by molar-refractivity contribution is -0.121. The summed E-state index contributed by atoms with van der Waals surface area (Å²) in [5, 5.41) is 6.16. The second kappa shape index (κ2) is 12.7. The molecule has 0 aromatic rings. The molecule has 0 radical (unpaired) electrons. The van der Waals surface area contributed by atoms with Gasteiger partial charge < -0.3 is 15.4 Å². The number of hydrogen-bond donors (Lipinski definition) is 2. The van der Waals surface area contributed by atoms with Crippen LogP contribution in [0.3, 0.4) is 0 Å². The molecular formula is C14H29ClN2O2. The molecule has 0 bridgehead atoms. The molecule has 1 rings (SSSR count). The number of halogens is 1. The lowest BCUT2D eigenvalue weighted by Gasteiger charge is -2.20. The number of hydrogen-bond acceptors (Lipinski definition) is 3. The Bertz CT molecular complexity index is 221. The summed E-state index contributed by atoms with van der Waals surface area (Å²) in [6.45, 7) is 3.09. The average molecular weight is 293 g/mol. The highest BCUT2D eigenvalue weighted by Gasteiger charge is 2.14. The molecule has 0 aromatic heterocycles. The van der Waals surface area contributed by atoms with Gasteiger partial charge >= 0.3 is 0 Å². The molecule has 2 N–H and O–H groups in total. The van der Waals surface area contributed by atoms with Gasteiger partial charge in [0.15, 0.2) is 0 Å². The van der Waals surface area contributed by atoms with E-state index in [2.05, 4.69) is 10.6 Å². The summed E-state index contributed by atoms with van der Waals surface area (Å²) >= 11 is 0. The van der Waals surface area contributed by atoms with Crippen LogP contribution in [0.5, 0.6) is 0 Å². The van der Waals surface area contributed by atoms with Crippen molar-refractivity contribution in [1.29, 1.82) is 0 Å². The topological polar surface area (TPSA) is 50.4 Å². The maximum atomic E-state index is 11.6. The lowest BCUT2D eigenvalue weighted by atomic mass is 9.86. The van der Waals surface area contributed by atoms with E-state index in [1.165, 1.54) is 32.1 Å². The fourth-order valence-corrected chi connectivity index (χ4v) is 2.49. The zero-order chi connectivity index (χ0) is 13.1. The molecule has 4 nitrogen and oxygen atoms in total. The molecular weight excluding hydrogens is 264 g/mol. The maximum absolute atomic E-state index is 11.6. The molecule has 1 aliphatic carbocycles. The fraction of sp³-hybridized carbons (Fsp3) is 0.929. The lowest BCUT2D eigenvalue weighted by Crippen LogP contribution is -2.33. The predicted octanol–water partition coefficient (Wildman–Crippen LogP) is 2.12. The van der Waals surface area contributed by atoms with Crippen LogP contribution in [0.15, 0.2) is 0 Å². The van der Waals surface area contributed by atoms with Gasteiger partial charge in [0, 0.05) is 33.2 Å². The molecule has 0 aromatic carbocycles. The van der Waals surface area contributed by atoms with Crippen molar-refractivity contribution in [3.05, 3.63) is 0 Å². The van der Waals surface area contributed by atoms with Crippen LogP contribution in [0.2, 0.25) is 0 Å². The third-order valence-electron chi connectivity index (χ3n) is 3.61. The third kappa shape index (κ3) is 10.2. The van der Waals surface area contributed by atoms with Gasteiger partial charge in [0.05, 0.1) is 6.61 Å². The quantitative estimate of drug-likeness (QED) is 0.640. The van der Waals surface area contributed by atoms with Crippen LogP contribution in [0.25, 0.3) is 0 Å². The molecule has 1 fully saturated rings. The summed E-state index contributed by atoms with van der Waals surface area (Å²) in [7, 11) is 1.69. The molecule has 0 saturated heterocycles. The van der Waals surface area contributed by atoms with Crippen molar-refractivity contribution in [1.82, 2.24) is 10.6 Å². The Labute approximate surface area is 123 Å². The molecule has 0 atom stereocenters. The zero-order valence-electron chi connectivity index (χ0n) is 12.1. The monoisotopic (exact) mass is 292 g/mol. The number of nitrogens with one attached hydrogen (secondary N) is 2. The van der Waals surface area contributed by atoms with Gasteiger partial charge in [0.1, 0.15) is 0 Å². The van der Waals surface area contributed by atoms with Gasteiger partial charge in [-0.1, -0.05) is 32.1 Å². The largest absolute Gasteiger partial charge is 0.383 e. The Morgan fingerprint density at radius 1 is 1.16 bits per heavy atom. The van der Waals surface area contributed by atoms with Gasteiger partial charge in [-0.15, -0.1) is 12.4 Å². The number of rotatable bonds is 9. The normalized spacial score (nSPS) is 15.8. The second-order valence-electron chi connectivity index (χ2n) is 5.14. The van der Waals surface area contributed by atoms with Crippen molar-refractivity contribution >= 4 is 18.3 Å². The first-order valence-corrected chi connectivity index (χ1v) is 7.29. The summed E-state index contributed by atoms with van der Waals surface area (Å²) in [4.78, 5) is 11.6. The van der Waals surface area contributed by atoms with Crippen LogP contribution in [0, 0.1) is 5.92 Å². The van der Waals surface area contributed by atoms with E-state index in [4.69, 9.17) is 4.74 Å². The molecule has 1 amide bonds. The maximum Gasteiger partial charge on any atom is 0.220 e. The van der Waals surface area contributed by atoms with Crippen LogP contribution in [0.1, 0.15) is 44.9 Å². The van der Waals surface area contributed by atoms with Gasteiger partial charge in [0.25, 0.3) is 0 Å². The molecule has 0 unspecified atom stereocenters.